The van der Waals surface area contributed by atoms with E-state index in [1.165, 1.54) is 6.26 Å². The molecule has 1 aliphatic rings. The molecule has 0 saturated heterocycles. The van der Waals surface area contributed by atoms with Crippen LogP contribution in [0.2, 0.25) is 0 Å². The zero-order chi connectivity index (χ0) is 10.8. The lowest BCUT2D eigenvalue weighted by Gasteiger charge is -2.19. The van der Waals surface area contributed by atoms with Gasteiger partial charge in [0, 0.05) is 12.6 Å². The van der Waals surface area contributed by atoms with E-state index in [9.17, 15) is 4.79 Å². The molecule has 1 aromatic heterocycles. The average molecular weight is 208 g/mol. The Morgan fingerprint density at radius 3 is 2.87 bits per heavy atom. The molecule has 0 bridgehead atoms. The summed E-state index contributed by atoms with van der Waals surface area (Å²) in [7, 11) is 0. The van der Waals surface area contributed by atoms with Crippen LogP contribution in [0.5, 0.6) is 0 Å². The van der Waals surface area contributed by atoms with Crippen LogP contribution in [0.3, 0.4) is 0 Å². The van der Waals surface area contributed by atoms with Gasteiger partial charge in [-0.3, -0.25) is 4.79 Å². The van der Waals surface area contributed by atoms with Gasteiger partial charge in [0.25, 0.3) is 5.91 Å². The summed E-state index contributed by atoms with van der Waals surface area (Å²) < 4.78 is 5.16. The van der Waals surface area contributed by atoms with Gasteiger partial charge in [0.15, 0.2) is 0 Å². The minimum absolute atomic E-state index is 0.0588. The minimum Gasteiger partial charge on any atom is -0.467 e. The number of nitrogens with two attached hydrogens (primary N) is 1. The fraction of sp³-hybridized carbons (Fsp3) is 0.545. The first-order valence-electron chi connectivity index (χ1n) is 5.34. The number of rotatable bonds is 4. The van der Waals surface area contributed by atoms with Gasteiger partial charge in [0.1, 0.15) is 12.0 Å². The first-order chi connectivity index (χ1) is 7.26. The first-order valence-corrected chi connectivity index (χ1v) is 5.34. The molecule has 82 valence electrons. The number of amides is 1. The maximum atomic E-state index is 12.0. The highest BCUT2D eigenvalue weighted by molar-refractivity contribution is 5.94. The van der Waals surface area contributed by atoms with Gasteiger partial charge in [-0.15, -0.1) is 0 Å². The Hall–Kier alpha value is -1.29. The van der Waals surface area contributed by atoms with E-state index < -0.39 is 0 Å². The summed E-state index contributed by atoms with van der Waals surface area (Å²) in [5.74, 6) is 0.716. The second-order valence-electron chi connectivity index (χ2n) is 3.83. The third-order valence-electron chi connectivity index (χ3n) is 2.69. The van der Waals surface area contributed by atoms with E-state index in [-0.39, 0.29) is 5.91 Å². The molecule has 4 nitrogen and oxygen atoms in total. The van der Waals surface area contributed by atoms with Gasteiger partial charge in [0.2, 0.25) is 0 Å². The largest absolute Gasteiger partial charge is 0.467 e. The van der Waals surface area contributed by atoms with Crippen molar-refractivity contribution in [2.45, 2.75) is 32.4 Å². The normalized spacial score (nSPS) is 15.3. The van der Waals surface area contributed by atoms with E-state index in [0.717, 1.165) is 19.4 Å². The molecule has 1 saturated carbocycles. The molecule has 0 atom stereocenters. The van der Waals surface area contributed by atoms with Gasteiger partial charge in [-0.25, -0.2) is 0 Å². The highest BCUT2D eigenvalue weighted by atomic mass is 16.3. The second kappa shape index (κ2) is 4.06. The van der Waals surface area contributed by atoms with Crippen LogP contribution in [0.15, 0.2) is 16.7 Å². The third-order valence-corrected chi connectivity index (χ3v) is 2.69. The summed E-state index contributed by atoms with van der Waals surface area (Å²) in [6.45, 7) is 3.09. The van der Waals surface area contributed by atoms with E-state index in [0.29, 0.717) is 23.9 Å². The van der Waals surface area contributed by atoms with Crippen molar-refractivity contribution in [1.82, 2.24) is 4.90 Å². The molecule has 2 rings (SSSR count). The number of hydrogen-bond acceptors (Lipinski definition) is 3. The molecule has 0 aromatic carbocycles. The van der Waals surface area contributed by atoms with Crippen LogP contribution >= 0.6 is 0 Å². The maximum Gasteiger partial charge on any atom is 0.257 e. The summed E-state index contributed by atoms with van der Waals surface area (Å²) in [6, 6.07) is 2.17. The van der Waals surface area contributed by atoms with Crippen LogP contribution in [0, 0.1) is 0 Å². The van der Waals surface area contributed by atoms with Crippen LogP contribution < -0.4 is 5.73 Å². The fourth-order valence-corrected chi connectivity index (χ4v) is 1.72. The Bertz CT molecular complexity index is 355. The molecular formula is C11H16N2O2. The quantitative estimate of drug-likeness (QED) is 0.812. The molecule has 0 radical (unpaired) electrons. The minimum atomic E-state index is 0.0588. The monoisotopic (exact) mass is 208 g/mol. The van der Waals surface area contributed by atoms with E-state index in [2.05, 4.69) is 0 Å². The Labute approximate surface area is 89.0 Å². The number of furan rings is 1. The van der Waals surface area contributed by atoms with E-state index in [1.807, 2.05) is 11.8 Å². The van der Waals surface area contributed by atoms with Crippen LogP contribution in [-0.2, 0) is 6.54 Å². The summed E-state index contributed by atoms with van der Waals surface area (Å²) in [5.41, 5.74) is 6.04. The van der Waals surface area contributed by atoms with Crippen molar-refractivity contribution >= 4 is 5.91 Å². The highest BCUT2D eigenvalue weighted by Gasteiger charge is 2.32. The van der Waals surface area contributed by atoms with Crippen molar-refractivity contribution in [3.05, 3.63) is 23.7 Å². The number of hydrogen-bond donors (Lipinski definition) is 1. The van der Waals surface area contributed by atoms with Crippen LogP contribution in [-0.4, -0.2) is 23.4 Å². The highest BCUT2D eigenvalue weighted by Crippen LogP contribution is 2.28. The molecule has 0 spiro atoms. The smallest absolute Gasteiger partial charge is 0.257 e. The second-order valence-corrected chi connectivity index (χ2v) is 3.83. The summed E-state index contributed by atoms with van der Waals surface area (Å²) >= 11 is 0. The standard InChI is InChI=1S/C11H16N2O2/c1-2-13(9-3-4-9)11(14)8-5-10(6-12)15-7-8/h5,7,9H,2-4,6,12H2,1H3. The van der Waals surface area contributed by atoms with Gasteiger partial charge in [0.05, 0.1) is 12.1 Å². The van der Waals surface area contributed by atoms with Crippen molar-refractivity contribution in [3.63, 3.8) is 0 Å². The maximum absolute atomic E-state index is 12.0. The summed E-state index contributed by atoms with van der Waals surface area (Å²) in [5, 5.41) is 0. The zero-order valence-electron chi connectivity index (χ0n) is 8.90. The lowest BCUT2D eigenvalue weighted by molar-refractivity contribution is 0.0752. The van der Waals surface area contributed by atoms with Crippen LogP contribution in [0.25, 0.3) is 0 Å². The zero-order valence-corrected chi connectivity index (χ0v) is 8.90. The molecule has 1 aliphatic carbocycles. The van der Waals surface area contributed by atoms with Crippen molar-refractivity contribution in [2.24, 2.45) is 5.73 Å². The van der Waals surface area contributed by atoms with Crippen molar-refractivity contribution in [2.75, 3.05) is 6.54 Å². The van der Waals surface area contributed by atoms with Crippen LogP contribution in [0.1, 0.15) is 35.9 Å². The van der Waals surface area contributed by atoms with E-state index in [1.54, 1.807) is 6.07 Å². The molecular weight excluding hydrogens is 192 g/mol. The molecule has 1 aromatic rings. The summed E-state index contributed by atoms with van der Waals surface area (Å²) in [4.78, 5) is 13.9. The van der Waals surface area contributed by atoms with Crippen molar-refractivity contribution in [3.8, 4) is 0 Å². The van der Waals surface area contributed by atoms with E-state index in [4.69, 9.17) is 10.2 Å². The molecule has 2 N–H and O–H groups in total. The van der Waals surface area contributed by atoms with Gasteiger partial charge in [-0.1, -0.05) is 0 Å². The van der Waals surface area contributed by atoms with Crippen LogP contribution in [0.4, 0.5) is 0 Å². The predicted octanol–water partition coefficient (Wildman–Crippen LogP) is 1.36. The van der Waals surface area contributed by atoms with Gasteiger partial charge in [-0.05, 0) is 25.8 Å². The van der Waals surface area contributed by atoms with Gasteiger partial charge < -0.3 is 15.1 Å². The Kier molecular flexibility index (Phi) is 2.77. The summed E-state index contributed by atoms with van der Waals surface area (Å²) in [6.07, 6.45) is 3.75. The van der Waals surface area contributed by atoms with Crippen molar-refractivity contribution in [1.29, 1.82) is 0 Å². The third kappa shape index (κ3) is 2.04. The topological polar surface area (TPSA) is 59.5 Å². The molecule has 0 unspecified atom stereocenters. The number of nitrogens with zero attached hydrogens (tertiary/aromatic N) is 1. The molecule has 1 fully saturated rings. The Morgan fingerprint density at radius 2 is 2.40 bits per heavy atom. The Morgan fingerprint density at radius 1 is 1.67 bits per heavy atom. The molecule has 1 amide bonds. The lowest BCUT2D eigenvalue weighted by atomic mass is 10.2. The molecule has 1 heterocycles. The van der Waals surface area contributed by atoms with Gasteiger partial charge >= 0.3 is 0 Å². The lowest BCUT2D eigenvalue weighted by Crippen LogP contribution is -2.32. The Balaban J connectivity index is 2.11. The molecule has 15 heavy (non-hydrogen) atoms. The van der Waals surface area contributed by atoms with Crippen molar-refractivity contribution < 1.29 is 9.21 Å². The average Bonchev–Trinajstić information content (AvgIpc) is 2.97. The first kappa shape index (κ1) is 10.2. The fourth-order valence-electron chi connectivity index (χ4n) is 1.72. The van der Waals surface area contributed by atoms with E-state index >= 15 is 0 Å². The number of carbonyl (C=O) groups is 1. The predicted molar refractivity (Wildman–Crippen MR) is 56.3 cm³/mol. The SMILES string of the molecule is CCN(C(=O)c1coc(CN)c1)C1CC1. The number of carbonyl (C=O) groups excluding carboxylic acids is 1. The molecule has 4 heteroatoms. The van der Waals surface area contributed by atoms with Gasteiger partial charge in [-0.2, -0.15) is 0 Å². The molecule has 0 aliphatic heterocycles.